The Labute approximate surface area is 136 Å². The number of benzene rings is 1. The zero-order chi connectivity index (χ0) is 15.3. The van der Waals surface area contributed by atoms with Crippen molar-refractivity contribution in [1.82, 2.24) is 10.6 Å². The van der Waals surface area contributed by atoms with Crippen molar-refractivity contribution < 1.29 is 4.79 Å². The van der Waals surface area contributed by atoms with Crippen molar-refractivity contribution in [2.75, 3.05) is 13.1 Å². The molecule has 0 spiro atoms. The Morgan fingerprint density at radius 2 is 2.14 bits per heavy atom. The van der Waals surface area contributed by atoms with E-state index < -0.39 is 0 Å². The molecule has 0 bridgehead atoms. The first kappa shape index (κ1) is 16.5. The lowest BCUT2D eigenvalue weighted by Gasteiger charge is -2.37. The van der Waals surface area contributed by atoms with Gasteiger partial charge in [-0.1, -0.05) is 41.4 Å². The molecule has 1 fully saturated rings. The highest BCUT2D eigenvalue weighted by Gasteiger charge is 2.38. The number of amides is 1. The molecule has 0 aromatic heterocycles. The van der Waals surface area contributed by atoms with E-state index in [0.717, 1.165) is 48.8 Å². The second kappa shape index (κ2) is 7.41. The van der Waals surface area contributed by atoms with Crippen molar-refractivity contribution in [2.45, 2.75) is 45.6 Å². The minimum absolute atomic E-state index is 0.0404. The van der Waals surface area contributed by atoms with Crippen LogP contribution in [-0.2, 0) is 4.79 Å². The summed E-state index contributed by atoms with van der Waals surface area (Å²) in [6.45, 7) is 6.10. The summed E-state index contributed by atoms with van der Waals surface area (Å²) in [5.41, 5.74) is 0.957. The highest BCUT2D eigenvalue weighted by molar-refractivity contribution is 9.10. The van der Waals surface area contributed by atoms with Crippen LogP contribution in [-0.4, -0.2) is 19.0 Å². The summed E-state index contributed by atoms with van der Waals surface area (Å²) in [7, 11) is 0. The zero-order valence-corrected chi connectivity index (χ0v) is 14.5. The third kappa shape index (κ3) is 4.07. The molecule has 2 N–H and O–H groups in total. The van der Waals surface area contributed by atoms with Gasteiger partial charge in [0.2, 0.25) is 5.91 Å². The Bertz CT molecular complexity index is 478. The molecule has 1 saturated heterocycles. The standard InChI is InChI=1S/C17H25BrN2O/c1-3-7-17(8-10-19-11-9-17)16(21)20-13(2)14-5-4-6-15(18)12-14/h4-6,12-13,19H,3,7-11H2,1-2H3,(H,20,21)/t13-/m0/s1. The highest BCUT2D eigenvalue weighted by Crippen LogP contribution is 2.35. The molecule has 0 aliphatic carbocycles. The molecule has 116 valence electrons. The molecule has 21 heavy (non-hydrogen) atoms. The molecular formula is C17H25BrN2O. The van der Waals surface area contributed by atoms with Crippen LogP contribution in [0.1, 0.15) is 51.1 Å². The number of piperidine rings is 1. The molecule has 1 heterocycles. The van der Waals surface area contributed by atoms with Crippen LogP contribution in [0.3, 0.4) is 0 Å². The molecule has 1 aromatic rings. The fourth-order valence-electron chi connectivity index (χ4n) is 3.18. The number of carbonyl (C=O) groups excluding carboxylic acids is 1. The Hall–Kier alpha value is -0.870. The van der Waals surface area contributed by atoms with Crippen LogP contribution in [0.15, 0.2) is 28.7 Å². The summed E-state index contributed by atoms with van der Waals surface area (Å²) in [4.78, 5) is 12.8. The Morgan fingerprint density at radius 3 is 2.76 bits per heavy atom. The predicted octanol–water partition coefficient (Wildman–Crippen LogP) is 3.80. The first-order valence-electron chi connectivity index (χ1n) is 7.84. The largest absolute Gasteiger partial charge is 0.349 e. The molecule has 0 unspecified atom stereocenters. The second-order valence-corrected chi connectivity index (χ2v) is 6.95. The maximum atomic E-state index is 12.8. The van der Waals surface area contributed by atoms with Crippen LogP contribution in [0.2, 0.25) is 0 Å². The molecule has 0 radical (unpaired) electrons. The minimum Gasteiger partial charge on any atom is -0.349 e. The summed E-state index contributed by atoms with van der Waals surface area (Å²) in [6, 6.07) is 8.18. The van der Waals surface area contributed by atoms with Crippen molar-refractivity contribution in [3.05, 3.63) is 34.3 Å². The summed E-state index contributed by atoms with van der Waals surface area (Å²) in [6.07, 6.45) is 3.92. The van der Waals surface area contributed by atoms with E-state index in [0.29, 0.717) is 0 Å². The Morgan fingerprint density at radius 1 is 1.43 bits per heavy atom. The molecule has 1 atom stereocenters. The van der Waals surface area contributed by atoms with E-state index in [1.807, 2.05) is 12.1 Å². The van der Waals surface area contributed by atoms with Gasteiger partial charge in [0.15, 0.2) is 0 Å². The third-order valence-electron chi connectivity index (χ3n) is 4.47. The third-order valence-corrected chi connectivity index (χ3v) is 4.96. The zero-order valence-electron chi connectivity index (χ0n) is 12.9. The minimum atomic E-state index is -0.180. The van der Waals surface area contributed by atoms with Crippen molar-refractivity contribution >= 4 is 21.8 Å². The van der Waals surface area contributed by atoms with Crippen molar-refractivity contribution in [3.63, 3.8) is 0 Å². The smallest absolute Gasteiger partial charge is 0.226 e. The Kier molecular flexibility index (Phi) is 5.82. The molecule has 0 saturated carbocycles. The Balaban J connectivity index is 2.07. The lowest BCUT2D eigenvalue weighted by molar-refractivity contribution is -0.133. The lowest BCUT2D eigenvalue weighted by atomic mass is 9.74. The van der Waals surface area contributed by atoms with Gasteiger partial charge >= 0.3 is 0 Å². The van der Waals surface area contributed by atoms with Gasteiger partial charge < -0.3 is 10.6 Å². The summed E-state index contributed by atoms with van der Waals surface area (Å²) >= 11 is 3.49. The first-order valence-corrected chi connectivity index (χ1v) is 8.64. The van der Waals surface area contributed by atoms with Crippen LogP contribution < -0.4 is 10.6 Å². The summed E-state index contributed by atoms with van der Waals surface area (Å²) in [5.74, 6) is 0.221. The average molecular weight is 353 g/mol. The van der Waals surface area contributed by atoms with Gasteiger partial charge in [-0.15, -0.1) is 0 Å². The van der Waals surface area contributed by atoms with E-state index in [9.17, 15) is 4.79 Å². The van der Waals surface area contributed by atoms with E-state index in [4.69, 9.17) is 0 Å². The number of halogens is 1. The van der Waals surface area contributed by atoms with E-state index in [1.165, 1.54) is 0 Å². The van der Waals surface area contributed by atoms with Crippen LogP contribution in [0.4, 0.5) is 0 Å². The average Bonchev–Trinajstić information content (AvgIpc) is 2.48. The summed E-state index contributed by atoms with van der Waals surface area (Å²) in [5, 5.41) is 6.59. The molecule has 1 aromatic carbocycles. The predicted molar refractivity (Wildman–Crippen MR) is 90.1 cm³/mol. The van der Waals surface area contributed by atoms with Gasteiger partial charge in [-0.05, 0) is 57.0 Å². The lowest BCUT2D eigenvalue weighted by Crippen LogP contribution is -2.48. The normalized spacial score (nSPS) is 19.0. The van der Waals surface area contributed by atoms with Gasteiger partial charge in [0.05, 0.1) is 11.5 Å². The quantitative estimate of drug-likeness (QED) is 0.846. The van der Waals surface area contributed by atoms with E-state index in [-0.39, 0.29) is 17.4 Å². The van der Waals surface area contributed by atoms with Crippen molar-refractivity contribution in [2.24, 2.45) is 5.41 Å². The fraction of sp³-hybridized carbons (Fsp3) is 0.588. The molecule has 1 aliphatic rings. The number of rotatable bonds is 5. The van der Waals surface area contributed by atoms with Gasteiger partial charge in [0.1, 0.15) is 0 Å². The summed E-state index contributed by atoms with van der Waals surface area (Å²) < 4.78 is 1.05. The monoisotopic (exact) mass is 352 g/mol. The fourth-order valence-corrected chi connectivity index (χ4v) is 3.60. The van der Waals surface area contributed by atoms with Gasteiger partial charge in [0.25, 0.3) is 0 Å². The maximum absolute atomic E-state index is 12.8. The number of hydrogen-bond acceptors (Lipinski definition) is 2. The molecular weight excluding hydrogens is 328 g/mol. The van der Waals surface area contributed by atoms with Gasteiger partial charge in [0, 0.05) is 4.47 Å². The molecule has 1 amide bonds. The van der Waals surface area contributed by atoms with Crippen LogP contribution >= 0.6 is 15.9 Å². The number of hydrogen-bond donors (Lipinski definition) is 2. The number of carbonyl (C=O) groups is 1. The molecule has 1 aliphatic heterocycles. The second-order valence-electron chi connectivity index (χ2n) is 6.03. The molecule has 4 heteroatoms. The molecule has 2 rings (SSSR count). The van der Waals surface area contributed by atoms with Crippen LogP contribution in [0, 0.1) is 5.41 Å². The van der Waals surface area contributed by atoms with Gasteiger partial charge in [-0.3, -0.25) is 4.79 Å². The maximum Gasteiger partial charge on any atom is 0.226 e. The first-order chi connectivity index (χ1) is 10.1. The van der Waals surface area contributed by atoms with Gasteiger partial charge in [-0.2, -0.15) is 0 Å². The molecule has 3 nitrogen and oxygen atoms in total. The van der Waals surface area contributed by atoms with E-state index in [2.05, 4.69) is 52.5 Å². The SMILES string of the molecule is CCCC1(C(=O)N[C@@H](C)c2cccc(Br)c2)CCNCC1. The topological polar surface area (TPSA) is 41.1 Å². The number of nitrogens with one attached hydrogen (secondary N) is 2. The van der Waals surface area contributed by atoms with Crippen molar-refractivity contribution in [1.29, 1.82) is 0 Å². The van der Waals surface area contributed by atoms with Gasteiger partial charge in [-0.25, -0.2) is 0 Å². The van der Waals surface area contributed by atoms with E-state index >= 15 is 0 Å². The van der Waals surface area contributed by atoms with Crippen LogP contribution in [0.25, 0.3) is 0 Å². The van der Waals surface area contributed by atoms with E-state index in [1.54, 1.807) is 0 Å². The van der Waals surface area contributed by atoms with Crippen molar-refractivity contribution in [3.8, 4) is 0 Å². The highest BCUT2D eigenvalue weighted by atomic mass is 79.9. The van der Waals surface area contributed by atoms with Crippen LogP contribution in [0.5, 0.6) is 0 Å².